The molecule has 1 saturated heterocycles. The Morgan fingerprint density at radius 1 is 1.03 bits per heavy atom. The zero-order valence-electron chi connectivity index (χ0n) is 16.5. The van der Waals surface area contributed by atoms with Crippen molar-refractivity contribution in [1.29, 1.82) is 0 Å². The van der Waals surface area contributed by atoms with Gasteiger partial charge in [-0.1, -0.05) is 11.6 Å². The fourth-order valence-corrected chi connectivity index (χ4v) is 3.76. The summed E-state index contributed by atoms with van der Waals surface area (Å²) in [7, 11) is 3.06. The first-order valence-corrected chi connectivity index (χ1v) is 10.2. The number of thiocarbonyl (C=S) groups is 1. The Morgan fingerprint density at radius 3 is 2.28 bits per heavy atom. The van der Waals surface area contributed by atoms with E-state index in [-0.39, 0.29) is 11.0 Å². The smallest absolute Gasteiger partial charge is 0.257 e. The maximum absolute atomic E-state index is 12.5. The second-order valence-electron chi connectivity index (χ2n) is 6.72. The number of ether oxygens (including phenoxy) is 2. The molecular formula is C21H24ClN3O3S. The summed E-state index contributed by atoms with van der Waals surface area (Å²) < 4.78 is 10.4. The van der Waals surface area contributed by atoms with Crippen molar-refractivity contribution in [3.63, 3.8) is 0 Å². The number of piperidine rings is 1. The molecule has 2 aromatic carbocycles. The van der Waals surface area contributed by atoms with Gasteiger partial charge in [-0.2, -0.15) is 0 Å². The van der Waals surface area contributed by atoms with Crippen molar-refractivity contribution in [2.45, 2.75) is 19.3 Å². The van der Waals surface area contributed by atoms with Crippen LogP contribution in [-0.2, 0) is 0 Å². The minimum Gasteiger partial charge on any atom is -0.497 e. The highest BCUT2D eigenvalue weighted by molar-refractivity contribution is 7.80. The Morgan fingerprint density at radius 2 is 1.69 bits per heavy atom. The first-order chi connectivity index (χ1) is 14.0. The number of rotatable bonds is 5. The molecule has 2 N–H and O–H groups in total. The van der Waals surface area contributed by atoms with Crippen LogP contribution in [0.15, 0.2) is 36.4 Å². The predicted molar refractivity (Wildman–Crippen MR) is 121 cm³/mol. The van der Waals surface area contributed by atoms with Gasteiger partial charge >= 0.3 is 0 Å². The molecule has 1 heterocycles. The number of hydrogen-bond donors (Lipinski definition) is 2. The van der Waals surface area contributed by atoms with Gasteiger partial charge < -0.3 is 19.7 Å². The van der Waals surface area contributed by atoms with Crippen molar-refractivity contribution >= 4 is 46.2 Å². The van der Waals surface area contributed by atoms with E-state index in [4.69, 9.17) is 33.3 Å². The van der Waals surface area contributed by atoms with Crippen LogP contribution in [0.5, 0.6) is 11.5 Å². The molecule has 2 aromatic rings. The molecule has 0 bridgehead atoms. The maximum atomic E-state index is 12.5. The lowest BCUT2D eigenvalue weighted by atomic mass is 10.1. The summed E-state index contributed by atoms with van der Waals surface area (Å²) in [4.78, 5) is 14.8. The van der Waals surface area contributed by atoms with Gasteiger partial charge in [0.05, 0.1) is 24.9 Å². The van der Waals surface area contributed by atoms with Crippen LogP contribution in [0.25, 0.3) is 0 Å². The van der Waals surface area contributed by atoms with Crippen molar-refractivity contribution in [3.8, 4) is 11.5 Å². The standard InChI is InChI=1S/C21H24ClN3O3S/c1-27-16-10-14(11-17(13-16)28-2)20(26)24-21(29)23-15-6-7-19(18(22)12-15)25-8-4-3-5-9-25/h6-7,10-13H,3-5,8-9H2,1-2H3,(H2,23,24,26,29). The van der Waals surface area contributed by atoms with Gasteiger partial charge in [0.1, 0.15) is 11.5 Å². The molecule has 8 heteroatoms. The molecule has 1 aliphatic rings. The van der Waals surface area contributed by atoms with Crippen LogP contribution in [0, 0.1) is 0 Å². The molecule has 154 valence electrons. The number of hydrogen-bond acceptors (Lipinski definition) is 5. The van der Waals surface area contributed by atoms with Gasteiger partial charge in [-0.25, -0.2) is 0 Å². The zero-order valence-corrected chi connectivity index (χ0v) is 18.0. The van der Waals surface area contributed by atoms with E-state index < -0.39 is 0 Å². The van der Waals surface area contributed by atoms with E-state index in [9.17, 15) is 4.79 Å². The first-order valence-electron chi connectivity index (χ1n) is 9.40. The molecule has 0 aliphatic carbocycles. The van der Waals surface area contributed by atoms with Gasteiger partial charge in [-0.3, -0.25) is 10.1 Å². The zero-order chi connectivity index (χ0) is 20.8. The van der Waals surface area contributed by atoms with Crippen LogP contribution < -0.4 is 25.0 Å². The first kappa shape index (κ1) is 21.2. The average Bonchev–Trinajstić information content (AvgIpc) is 2.73. The Bertz CT molecular complexity index is 878. The number of amides is 1. The van der Waals surface area contributed by atoms with Crippen molar-refractivity contribution in [1.82, 2.24) is 5.32 Å². The molecule has 1 fully saturated rings. The summed E-state index contributed by atoms with van der Waals surface area (Å²) in [5.41, 5.74) is 2.11. The van der Waals surface area contributed by atoms with Crippen LogP contribution in [0.1, 0.15) is 29.6 Å². The largest absolute Gasteiger partial charge is 0.497 e. The highest BCUT2D eigenvalue weighted by atomic mass is 35.5. The number of methoxy groups -OCH3 is 2. The number of nitrogens with zero attached hydrogens (tertiary/aromatic N) is 1. The SMILES string of the molecule is COc1cc(OC)cc(C(=O)NC(=S)Nc2ccc(N3CCCCC3)c(Cl)c2)c1. The molecule has 0 unspecified atom stereocenters. The van der Waals surface area contributed by atoms with Crippen LogP contribution >= 0.6 is 23.8 Å². The lowest BCUT2D eigenvalue weighted by Crippen LogP contribution is -2.34. The van der Waals surface area contributed by atoms with Crippen molar-refractivity contribution in [3.05, 3.63) is 47.0 Å². The second kappa shape index (κ2) is 9.80. The van der Waals surface area contributed by atoms with E-state index in [0.29, 0.717) is 27.8 Å². The molecule has 0 spiro atoms. The molecule has 0 radical (unpaired) electrons. The van der Waals surface area contributed by atoms with Crippen LogP contribution in [0.4, 0.5) is 11.4 Å². The third-order valence-electron chi connectivity index (χ3n) is 4.74. The highest BCUT2D eigenvalue weighted by Crippen LogP contribution is 2.31. The minimum atomic E-state index is -0.365. The molecule has 6 nitrogen and oxygen atoms in total. The second-order valence-corrected chi connectivity index (χ2v) is 7.54. The lowest BCUT2D eigenvalue weighted by Gasteiger charge is -2.29. The van der Waals surface area contributed by atoms with Crippen LogP contribution in [0.2, 0.25) is 5.02 Å². The molecule has 3 rings (SSSR count). The molecule has 1 amide bonds. The van der Waals surface area contributed by atoms with E-state index in [1.165, 1.54) is 33.5 Å². The van der Waals surface area contributed by atoms with E-state index in [1.807, 2.05) is 18.2 Å². The third kappa shape index (κ3) is 5.52. The molecular weight excluding hydrogens is 410 g/mol. The fraction of sp³-hybridized carbons (Fsp3) is 0.333. The quantitative estimate of drug-likeness (QED) is 0.678. The van der Waals surface area contributed by atoms with Crippen LogP contribution in [0.3, 0.4) is 0 Å². The molecule has 29 heavy (non-hydrogen) atoms. The third-order valence-corrected chi connectivity index (χ3v) is 5.25. The summed E-state index contributed by atoms with van der Waals surface area (Å²) >= 11 is 11.8. The van der Waals surface area contributed by atoms with E-state index in [1.54, 1.807) is 18.2 Å². The number of carbonyl (C=O) groups is 1. The number of carbonyl (C=O) groups excluding carboxylic acids is 1. The number of nitrogens with one attached hydrogen (secondary N) is 2. The van der Waals surface area contributed by atoms with Crippen molar-refractivity contribution < 1.29 is 14.3 Å². The van der Waals surface area contributed by atoms with E-state index >= 15 is 0 Å². The number of benzene rings is 2. The van der Waals surface area contributed by atoms with Gasteiger partial charge in [0, 0.05) is 30.4 Å². The Labute approximate surface area is 181 Å². The summed E-state index contributed by atoms with van der Waals surface area (Å²) in [5, 5.41) is 6.50. The van der Waals surface area contributed by atoms with Gasteiger partial charge in [0.2, 0.25) is 0 Å². The fourth-order valence-electron chi connectivity index (χ4n) is 3.25. The number of anilines is 2. The molecule has 0 atom stereocenters. The molecule has 0 saturated carbocycles. The van der Waals surface area contributed by atoms with E-state index in [2.05, 4.69) is 15.5 Å². The van der Waals surface area contributed by atoms with Gasteiger partial charge in [-0.05, 0) is 61.8 Å². The maximum Gasteiger partial charge on any atom is 0.257 e. The van der Waals surface area contributed by atoms with Crippen molar-refractivity contribution in [2.24, 2.45) is 0 Å². The topological polar surface area (TPSA) is 62.8 Å². The summed E-state index contributed by atoms with van der Waals surface area (Å²) in [6.07, 6.45) is 3.63. The Balaban J connectivity index is 1.64. The monoisotopic (exact) mass is 433 g/mol. The average molecular weight is 434 g/mol. The minimum absolute atomic E-state index is 0.179. The Hall–Kier alpha value is -2.51. The Kier molecular flexibility index (Phi) is 7.17. The van der Waals surface area contributed by atoms with Gasteiger partial charge in [0.15, 0.2) is 5.11 Å². The summed E-state index contributed by atoms with van der Waals surface area (Å²) in [6.45, 7) is 2.04. The molecule has 0 aromatic heterocycles. The van der Waals surface area contributed by atoms with Gasteiger partial charge in [-0.15, -0.1) is 0 Å². The van der Waals surface area contributed by atoms with E-state index in [0.717, 1.165) is 18.8 Å². The van der Waals surface area contributed by atoms with Gasteiger partial charge in [0.25, 0.3) is 5.91 Å². The highest BCUT2D eigenvalue weighted by Gasteiger charge is 2.15. The summed E-state index contributed by atoms with van der Waals surface area (Å²) in [6, 6.07) is 10.6. The lowest BCUT2D eigenvalue weighted by molar-refractivity contribution is 0.0977. The van der Waals surface area contributed by atoms with Crippen LogP contribution in [-0.4, -0.2) is 38.3 Å². The normalized spacial score (nSPS) is 13.6. The summed E-state index contributed by atoms with van der Waals surface area (Å²) in [5.74, 6) is 0.678. The predicted octanol–water partition coefficient (Wildman–Crippen LogP) is 4.47. The number of halogens is 1. The van der Waals surface area contributed by atoms with Crippen molar-refractivity contribution in [2.75, 3.05) is 37.5 Å². The molecule has 1 aliphatic heterocycles.